The fourth-order valence-electron chi connectivity index (χ4n) is 3.80. The molecule has 0 saturated heterocycles. The highest BCUT2D eigenvalue weighted by molar-refractivity contribution is 8.13. The zero-order valence-electron chi connectivity index (χ0n) is 14.8. The van der Waals surface area contributed by atoms with E-state index in [1.165, 1.54) is 18.2 Å². The predicted octanol–water partition coefficient (Wildman–Crippen LogP) is 4.95. The maximum absolute atomic E-state index is 14.5. The summed E-state index contributed by atoms with van der Waals surface area (Å²) in [6, 6.07) is 5.80. The summed E-state index contributed by atoms with van der Waals surface area (Å²) in [5, 5.41) is 9.76. The number of hydrogen-bond donors (Lipinski definition) is 1. The monoisotopic (exact) mass is 386 g/mol. The van der Waals surface area contributed by atoms with E-state index < -0.39 is 41.2 Å². The van der Waals surface area contributed by atoms with Gasteiger partial charge in [-0.15, -0.1) is 0 Å². The van der Waals surface area contributed by atoms with Gasteiger partial charge in [-0.25, -0.2) is 23.0 Å². The number of aliphatic imine (C=N–C) groups is 1. The van der Waals surface area contributed by atoms with Crippen molar-refractivity contribution in [2.75, 3.05) is 5.75 Å². The maximum Gasteiger partial charge on any atom is 0.413 e. The third kappa shape index (κ3) is 3.19. The first kappa shape index (κ1) is 19.1. The van der Waals surface area contributed by atoms with E-state index in [1.54, 1.807) is 26.8 Å². The van der Waals surface area contributed by atoms with Crippen LogP contribution in [0.25, 0.3) is 0 Å². The van der Waals surface area contributed by atoms with Crippen LogP contribution in [0.2, 0.25) is 0 Å². The molecule has 1 heterocycles. The highest BCUT2D eigenvalue weighted by Gasteiger charge is 2.60. The smallest absolute Gasteiger partial charge is 0.413 e. The van der Waals surface area contributed by atoms with Crippen LogP contribution in [-0.2, 0) is 5.54 Å². The van der Waals surface area contributed by atoms with Gasteiger partial charge in [0.15, 0.2) is 5.17 Å². The van der Waals surface area contributed by atoms with Crippen LogP contribution in [0.3, 0.4) is 0 Å². The van der Waals surface area contributed by atoms with Crippen LogP contribution in [0.1, 0.15) is 39.2 Å². The highest BCUT2D eigenvalue weighted by Crippen LogP contribution is 2.57. The van der Waals surface area contributed by atoms with Crippen LogP contribution in [0.5, 0.6) is 0 Å². The van der Waals surface area contributed by atoms with Gasteiger partial charge in [0, 0.05) is 35.6 Å². The van der Waals surface area contributed by atoms with Gasteiger partial charge >= 0.3 is 6.09 Å². The van der Waals surface area contributed by atoms with E-state index in [2.05, 4.69) is 4.99 Å². The molecular weight excluding hydrogens is 365 g/mol. The van der Waals surface area contributed by atoms with Gasteiger partial charge in [0.25, 0.3) is 5.92 Å². The third-order valence-corrected chi connectivity index (χ3v) is 5.95. The van der Waals surface area contributed by atoms with E-state index in [9.17, 15) is 23.1 Å². The van der Waals surface area contributed by atoms with Crippen molar-refractivity contribution in [1.29, 1.82) is 0 Å². The van der Waals surface area contributed by atoms with Crippen LogP contribution in [-0.4, -0.2) is 38.5 Å². The first-order valence-corrected chi connectivity index (χ1v) is 9.33. The largest absolute Gasteiger partial charge is 0.465 e. The van der Waals surface area contributed by atoms with Gasteiger partial charge in [0.05, 0.1) is 0 Å². The number of halogens is 3. The van der Waals surface area contributed by atoms with Crippen LogP contribution < -0.4 is 0 Å². The van der Waals surface area contributed by atoms with Crippen LogP contribution >= 0.6 is 11.8 Å². The van der Waals surface area contributed by atoms with Gasteiger partial charge in [-0.2, -0.15) is 0 Å². The van der Waals surface area contributed by atoms with Gasteiger partial charge in [0.1, 0.15) is 11.4 Å². The quantitative estimate of drug-likeness (QED) is 0.743. The lowest BCUT2D eigenvalue weighted by Crippen LogP contribution is -2.50. The molecule has 4 nitrogen and oxygen atoms in total. The summed E-state index contributed by atoms with van der Waals surface area (Å²) in [4.78, 5) is 17.4. The number of carbonyl (C=O) groups is 1. The lowest BCUT2D eigenvalue weighted by Gasteiger charge is -2.41. The second-order valence-corrected chi connectivity index (χ2v) is 8.82. The minimum atomic E-state index is -2.97. The number of hydrogen-bond acceptors (Lipinski definition) is 3. The van der Waals surface area contributed by atoms with E-state index in [1.807, 2.05) is 0 Å². The number of benzene rings is 1. The van der Waals surface area contributed by atoms with E-state index >= 15 is 0 Å². The fraction of sp³-hybridized carbons (Fsp3) is 0.556. The molecule has 1 aromatic carbocycles. The molecule has 0 bridgehead atoms. The fourth-order valence-corrected chi connectivity index (χ4v) is 5.26. The molecule has 1 aliphatic carbocycles. The molecule has 26 heavy (non-hydrogen) atoms. The molecule has 1 amide bonds. The Hall–Kier alpha value is -1.70. The average molecular weight is 386 g/mol. The zero-order chi connectivity index (χ0) is 19.3. The zero-order valence-corrected chi connectivity index (χ0v) is 15.6. The number of amidine groups is 1. The number of alkyl halides is 2. The van der Waals surface area contributed by atoms with E-state index in [-0.39, 0.29) is 22.9 Å². The number of carboxylic acid groups (broad SMARTS) is 1. The molecule has 1 saturated carbocycles. The predicted molar refractivity (Wildman–Crippen MR) is 95.3 cm³/mol. The molecular formula is C18H21F3N2O2S. The van der Waals surface area contributed by atoms with Crippen molar-refractivity contribution >= 4 is 23.0 Å². The van der Waals surface area contributed by atoms with Crippen molar-refractivity contribution in [2.24, 2.45) is 10.9 Å². The molecule has 1 aliphatic heterocycles. The lowest BCUT2D eigenvalue weighted by molar-refractivity contribution is 0.00147. The number of rotatable bonds is 1. The highest BCUT2D eigenvalue weighted by atomic mass is 32.2. The van der Waals surface area contributed by atoms with Crippen molar-refractivity contribution in [3.8, 4) is 0 Å². The van der Waals surface area contributed by atoms with Crippen molar-refractivity contribution in [1.82, 2.24) is 4.90 Å². The molecule has 1 N–H and O–H groups in total. The molecule has 142 valence electrons. The van der Waals surface area contributed by atoms with Gasteiger partial charge in [-0.1, -0.05) is 30.0 Å². The molecule has 3 rings (SSSR count). The molecule has 0 spiro atoms. The Labute approximate surface area is 154 Å². The van der Waals surface area contributed by atoms with Gasteiger partial charge in [-0.3, -0.25) is 4.90 Å². The second-order valence-electron chi connectivity index (χ2n) is 7.83. The number of fused-ring (bicyclic) bond motifs is 1. The van der Waals surface area contributed by atoms with E-state index in [4.69, 9.17) is 0 Å². The van der Waals surface area contributed by atoms with Gasteiger partial charge < -0.3 is 5.11 Å². The minimum Gasteiger partial charge on any atom is -0.465 e. The van der Waals surface area contributed by atoms with Crippen molar-refractivity contribution in [2.45, 2.75) is 50.6 Å². The summed E-state index contributed by atoms with van der Waals surface area (Å²) in [6.07, 6.45) is -2.21. The molecule has 2 atom stereocenters. The van der Waals surface area contributed by atoms with Crippen LogP contribution in [0, 0.1) is 11.7 Å². The normalized spacial score (nSPS) is 27.6. The van der Waals surface area contributed by atoms with Crippen molar-refractivity contribution < 1.29 is 23.1 Å². The number of nitrogens with zero attached hydrogens (tertiary/aromatic N) is 2. The molecule has 2 unspecified atom stereocenters. The summed E-state index contributed by atoms with van der Waals surface area (Å²) in [5.74, 6) is -3.85. The van der Waals surface area contributed by atoms with Crippen LogP contribution in [0.4, 0.5) is 18.0 Å². The first-order chi connectivity index (χ1) is 12.0. The molecule has 8 heteroatoms. The Bertz CT molecular complexity index is 763. The second kappa shape index (κ2) is 6.18. The first-order valence-electron chi connectivity index (χ1n) is 8.35. The Kier molecular flexibility index (Phi) is 4.53. The summed E-state index contributed by atoms with van der Waals surface area (Å²) in [5.41, 5.74) is -2.14. The van der Waals surface area contributed by atoms with E-state index in [0.717, 1.165) is 16.7 Å². The Balaban J connectivity index is 2.18. The topological polar surface area (TPSA) is 52.9 Å². The Morgan fingerprint density at radius 1 is 1.35 bits per heavy atom. The molecule has 1 aromatic rings. The van der Waals surface area contributed by atoms with Gasteiger partial charge in [-0.05, 0) is 26.8 Å². The van der Waals surface area contributed by atoms with Crippen molar-refractivity contribution in [3.63, 3.8) is 0 Å². The summed E-state index contributed by atoms with van der Waals surface area (Å²) in [6.45, 7) is 5.11. The maximum atomic E-state index is 14.5. The third-order valence-electron chi connectivity index (χ3n) is 4.85. The summed E-state index contributed by atoms with van der Waals surface area (Å²) >= 11 is 1.14. The standard InChI is InChI=1S/C18H21F3N2O2S/c1-16(2,3)23(15(24)25)14-22-18(12-6-4-5-7-13(12)19)10-17(20,21)8-11(18)9-26-14/h4-7,11H,8-10H2,1-3H3,(H,24,25). The number of amides is 1. The molecule has 0 radical (unpaired) electrons. The van der Waals surface area contributed by atoms with Crippen molar-refractivity contribution in [3.05, 3.63) is 35.6 Å². The summed E-state index contributed by atoms with van der Waals surface area (Å²) in [7, 11) is 0. The number of thioether (sulfide) groups is 1. The average Bonchev–Trinajstić information content (AvgIpc) is 2.76. The van der Waals surface area contributed by atoms with Gasteiger partial charge in [0.2, 0.25) is 0 Å². The molecule has 0 aromatic heterocycles. The van der Waals surface area contributed by atoms with Crippen LogP contribution in [0.15, 0.2) is 29.3 Å². The Morgan fingerprint density at radius 3 is 2.58 bits per heavy atom. The van der Waals surface area contributed by atoms with E-state index in [0.29, 0.717) is 0 Å². The Morgan fingerprint density at radius 2 is 2.00 bits per heavy atom. The minimum absolute atomic E-state index is 0.110. The molecule has 2 aliphatic rings. The summed E-state index contributed by atoms with van der Waals surface area (Å²) < 4.78 is 43.1. The lowest BCUT2D eigenvalue weighted by atomic mass is 9.81. The SMILES string of the molecule is CC(C)(C)N(C(=O)O)C1=NC2(c3ccccc3F)CC(F)(F)CC2CS1. The molecule has 1 fully saturated rings.